The van der Waals surface area contributed by atoms with Crippen molar-refractivity contribution in [1.82, 2.24) is 15.3 Å². The Morgan fingerprint density at radius 3 is 2.75 bits per heavy atom. The molecule has 4 heteroatoms. The van der Waals surface area contributed by atoms with Crippen molar-refractivity contribution in [2.75, 3.05) is 0 Å². The molecule has 1 aromatic heterocycles. The van der Waals surface area contributed by atoms with E-state index in [1.165, 1.54) is 0 Å². The van der Waals surface area contributed by atoms with E-state index >= 15 is 0 Å². The van der Waals surface area contributed by atoms with Crippen LogP contribution in [0.4, 0.5) is 0 Å². The number of hydrogen-bond donors (Lipinski definition) is 2. The topological polar surface area (TPSA) is 50.1 Å². The van der Waals surface area contributed by atoms with E-state index in [0.29, 0.717) is 5.92 Å². The van der Waals surface area contributed by atoms with E-state index in [1.807, 2.05) is 30.1 Å². The van der Waals surface area contributed by atoms with Crippen LogP contribution >= 0.6 is 0 Å². The van der Waals surface area contributed by atoms with E-state index in [9.17, 15) is 0 Å². The van der Waals surface area contributed by atoms with Crippen molar-refractivity contribution in [3.05, 3.63) is 30.0 Å². The van der Waals surface area contributed by atoms with Gasteiger partial charge in [0, 0.05) is 12.4 Å². The predicted molar refractivity (Wildman–Crippen MR) is 63.2 cm³/mol. The number of fused-ring (bicyclic) bond motifs is 1. The summed E-state index contributed by atoms with van der Waals surface area (Å²) in [5, 5.41) is 14.5. The number of rotatable bonds is 3. The number of hydrogen-bond acceptors (Lipinski definition) is 3. The minimum atomic E-state index is -0.0374. The first-order valence-corrected chi connectivity index (χ1v) is 5.44. The highest BCUT2D eigenvalue weighted by Crippen LogP contribution is 2.24. The summed E-state index contributed by atoms with van der Waals surface area (Å²) >= 11 is 0. The van der Waals surface area contributed by atoms with Crippen LogP contribution in [0.15, 0.2) is 24.4 Å². The molecule has 0 amide bonds. The molecule has 16 heavy (non-hydrogen) atoms. The van der Waals surface area contributed by atoms with Crippen LogP contribution in [-0.4, -0.2) is 15.0 Å². The second-order valence-corrected chi connectivity index (χ2v) is 4.44. The first kappa shape index (κ1) is 11.1. The molecular weight excluding hydrogens is 202 g/mol. The molecule has 0 aliphatic heterocycles. The highest BCUT2D eigenvalue weighted by atomic mass is 16.5. The monoisotopic (exact) mass is 219 g/mol. The first-order chi connectivity index (χ1) is 7.63. The smallest absolute Gasteiger partial charge is 0.0679 e. The number of aromatic nitrogens is 2. The lowest BCUT2D eigenvalue weighted by Crippen LogP contribution is -2.22. The Morgan fingerprint density at radius 2 is 2.12 bits per heavy atom. The second kappa shape index (κ2) is 4.23. The van der Waals surface area contributed by atoms with Gasteiger partial charge in [0.1, 0.15) is 0 Å². The standard InChI is InChI=1S/C12H17N3O/c1-8(2)12(14-16)9-4-5-11-10(6-9)7-13-15(11)3/h4-8,12,14,16H,1-3H3. The summed E-state index contributed by atoms with van der Waals surface area (Å²) in [7, 11) is 1.92. The molecule has 0 radical (unpaired) electrons. The van der Waals surface area contributed by atoms with Gasteiger partial charge in [-0.3, -0.25) is 4.68 Å². The summed E-state index contributed by atoms with van der Waals surface area (Å²) in [6.45, 7) is 4.14. The highest BCUT2D eigenvalue weighted by molar-refractivity contribution is 5.79. The molecule has 0 saturated carbocycles. The van der Waals surface area contributed by atoms with E-state index in [1.54, 1.807) is 0 Å². The summed E-state index contributed by atoms with van der Waals surface area (Å²) < 4.78 is 1.84. The van der Waals surface area contributed by atoms with Crippen molar-refractivity contribution in [3.8, 4) is 0 Å². The maximum absolute atomic E-state index is 9.16. The summed E-state index contributed by atoms with van der Waals surface area (Å²) in [6.07, 6.45) is 1.84. The maximum Gasteiger partial charge on any atom is 0.0679 e. The largest absolute Gasteiger partial charge is 0.316 e. The summed E-state index contributed by atoms with van der Waals surface area (Å²) in [5.74, 6) is 0.333. The zero-order valence-electron chi connectivity index (χ0n) is 9.81. The lowest BCUT2D eigenvalue weighted by atomic mass is 9.96. The highest BCUT2D eigenvalue weighted by Gasteiger charge is 2.15. The van der Waals surface area contributed by atoms with Crippen LogP contribution in [-0.2, 0) is 7.05 Å². The van der Waals surface area contributed by atoms with Crippen molar-refractivity contribution in [1.29, 1.82) is 0 Å². The van der Waals surface area contributed by atoms with Gasteiger partial charge in [0.15, 0.2) is 0 Å². The van der Waals surface area contributed by atoms with Gasteiger partial charge in [-0.1, -0.05) is 19.9 Å². The fraction of sp³-hybridized carbons (Fsp3) is 0.417. The van der Waals surface area contributed by atoms with Crippen LogP contribution in [0.3, 0.4) is 0 Å². The van der Waals surface area contributed by atoms with E-state index in [4.69, 9.17) is 5.21 Å². The molecule has 1 aromatic carbocycles. The van der Waals surface area contributed by atoms with E-state index in [0.717, 1.165) is 16.5 Å². The molecular formula is C12H17N3O. The van der Waals surface area contributed by atoms with Crippen molar-refractivity contribution >= 4 is 10.9 Å². The number of nitrogens with one attached hydrogen (secondary N) is 1. The predicted octanol–water partition coefficient (Wildman–Crippen LogP) is 2.25. The molecule has 0 spiro atoms. The van der Waals surface area contributed by atoms with Crippen LogP contribution in [0, 0.1) is 5.92 Å². The molecule has 0 bridgehead atoms. The summed E-state index contributed by atoms with van der Waals surface area (Å²) in [5.41, 5.74) is 4.54. The van der Waals surface area contributed by atoms with Gasteiger partial charge in [0.2, 0.25) is 0 Å². The van der Waals surface area contributed by atoms with Gasteiger partial charge in [-0.2, -0.15) is 10.6 Å². The molecule has 0 saturated heterocycles. The van der Waals surface area contributed by atoms with Crippen LogP contribution in [0.25, 0.3) is 10.9 Å². The Hall–Kier alpha value is -1.39. The number of nitrogens with zero attached hydrogens (tertiary/aromatic N) is 2. The lowest BCUT2D eigenvalue weighted by Gasteiger charge is -2.19. The van der Waals surface area contributed by atoms with E-state index < -0.39 is 0 Å². The van der Waals surface area contributed by atoms with Crippen LogP contribution < -0.4 is 5.48 Å². The van der Waals surface area contributed by atoms with Gasteiger partial charge in [0.25, 0.3) is 0 Å². The third-order valence-corrected chi connectivity index (χ3v) is 2.94. The molecule has 0 fully saturated rings. The van der Waals surface area contributed by atoms with Crippen molar-refractivity contribution in [2.24, 2.45) is 13.0 Å². The third kappa shape index (κ3) is 1.81. The van der Waals surface area contributed by atoms with Gasteiger partial charge in [0.05, 0.1) is 17.8 Å². The molecule has 1 unspecified atom stereocenters. The SMILES string of the molecule is CC(C)C(NO)c1ccc2c(cnn2C)c1. The Kier molecular flexibility index (Phi) is 2.94. The Balaban J connectivity index is 2.46. The van der Waals surface area contributed by atoms with Crippen molar-refractivity contribution < 1.29 is 5.21 Å². The minimum absolute atomic E-state index is 0.0374. The average molecular weight is 219 g/mol. The average Bonchev–Trinajstić information content (AvgIpc) is 2.61. The Labute approximate surface area is 94.8 Å². The van der Waals surface area contributed by atoms with Gasteiger partial charge in [-0.05, 0) is 23.6 Å². The molecule has 0 aliphatic rings. The minimum Gasteiger partial charge on any atom is -0.316 e. The van der Waals surface area contributed by atoms with Gasteiger partial charge >= 0.3 is 0 Å². The zero-order valence-corrected chi connectivity index (χ0v) is 9.81. The van der Waals surface area contributed by atoms with Gasteiger partial charge in [-0.15, -0.1) is 0 Å². The molecule has 2 N–H and O–H groups in total. The second-order valence-electron chi connectivity index (χ2n) is 4.44. The summed E-state index contributed by atoms with van der Waals surface area (Å²) in [6, 6.07) is 6.09. The third-order valence-electron chi connectivity index (χ3n) is 2.94. The fourth-order valence-electron chi connectivity index (χ4n) is 1.98. The van der Waals surface area contributed by atoms with Crippen molar-refractivity contribution in [3.63, 3.8) is 0 Å². The molecule has 2 rings (SSSR count). The molecule has 86 valence electrons. The van der Waals surface area contributed by atoms with Crippen LogP contribution in [0.2, 0.25) is 0 Å². The first-order valence-electron chi connectivity index (χ1n) is 5.44. The number of hydroxylamine groups is 1. The van der Waals surface area contributed by atoms with Gasteiger partial charge < -0.3 is 5.21 Å². The molecule has 1 heterocycles. The Morgan fingerprint density at radius 1 is 1.38 bits per heavy atom. The number of benzene rings is 1. The molecule has 0 aliphatic carbocycles. The quantitative estimate of drug-likeness (QED) is 0.778. The normalized spacial score (nSPS) is 13.6. The maximum atomic E-state index is 9.16. The van der Waals surface area contributed by atoms with E-state index in [-0.39, 0.29) is 6.04 Å². The molecule has 2 aromatic rings. The molecule has 1 atom stereocenters. The Bertz CT molecular complexity index is 490. The van der Waals surface area contributed by atoms with Crippen molar-refractivity contribution in [2.45, 2.75) is 19.9 Å². The van der Waals surface area contributed by atoms with Crippen LogP contribution in [0.1, 0.15) is 25.5 Å². The zero-order chi connectivity index (χ0) is 11.7. The number of aryl methyl sites for hydroxylation is 1. The lowest BCUT2D eigenvalue weighted by molar-refractivity contribution is 0.105. The van der Waals surface area contributed by atoms with Gasteiger partial charge in [-0.25, -0.2) is 0 Å². The molecule has 4 nitrogen and oxygen atoms in total. The fourth-order valence-corrected chi connectivity index (χ4v) is 1.98. The van der Waals surface area contributed by atoms with E-state index in [2.05, 4.69) is 30.5 Å². The van der Waals surface area contributed by atoms with Crippen LogP contribution in [0.5, 0.6) is 0 Å². The summed E-state index contributed by atoms with van der Waals surface area (Å²) in [4.78, 5) is 0.